The molecule has 2 N–H and O–H groups in total. The topological polar surface area (TPSA) is 106 Å². The minimum absolute atomic E-state index is 0.0852. The number of nitrogens with one attached hydrogen (secondary N) is 1. The maximum absolute atomic E-state index is 11.9. The van der Waals surface area contributed by atoms with Gasteiger partial charge in [-0.25, -0.2) is 4.79 Å². The lowest BCUT2D eigenvalue weighted by atomic mass is 9.98. The first-order valence-corrected chi connectivity index (χ1v) is 6.55. The largest absolute Gasteiger partial charge is 0.480 e. The molecule has 0 radical (unpaired) electrons. The Morgan fingerprint density at radius 3 is 2.67 bits per heavy atom. The normalized spacial score (nSPS) is 13.0. The van der Waals surface area contributed by atoms with Crippen molar-refractivity contribution in [3.05, 3.63) is 30.1 Å². The zero-order valence-corrected chi connectivity index (χ0v) is 11.9. The predicted octanol–water partition coefficient (Wildman–Crippen LogP) is 0.854. The summed E-state index contributed by atoms with van der Waals surface area (Å²) in [5.41, 5.74) is 0.257. The van der Waals surface area contributed by atoms with Crippen molar-refractivity contribution in [1.82, 2.24) is 10.3 Å². The monoisotopic (exact) mass is 294 g/mol. The molecule has 0 aromatic carbocycles. The van der Waals surface area contributed by atoms with E-state index in [0.29, 0.717) is 0 Å². The van der Waals surface area contributed by atoms with E-state index >= 15 is 0 Å². The molecule has 0 aliphatic rings. The predicted molar refractivity (Wildman–Crippen MR) is 73.5 cm³/mol. The highest BCUT2D eigenvalue weighted by atomic mass is 16.5. The van der Waals surface area contributed by atoms with Crippen LogP contribution in [0.25, 0.3) is 0 Å². The minimum atomic E-state index is -1.20. The lowest BCUT2D eigenvalue weighted by Gasteiger charge is -2.20. The van der Waals surface area contributed by atoms with Crippen molar-refractivity contribution in [3.8, 4) is 0 Å². The Bertz CT molecular complexity index is 503. The van der Waals surface area contributed by atoms with Gasteiger partial charge in [-0.15, -0.1) is 0 Å². The fourth-order valence-corrected chi connectivity index (χ4v) is 1.77. The van der Waals surface area contributed by atoms with Crippen molar-refractivity contribution in [2.24, 2.45) is 5.92 Å². The van der Waals surface area contributed by atoms with Crippen molar-refractivity contribution in [3.63, 3.8) is 0 Å². The summed E-state index contributed by atoms with van der Waals surface area (Å²) in [6.45, 7) is 3.46. The van der Waals surface area contributed by atoms with E-state index in [0.717, 1.165) is 0 Å². The van der Waals surface area contributed by atoms with E-state index in [9.17, 15) is 19.5 Å². The Morgan fingerprint density at radius 2 is 2.14 bits per heavy atom. The van der Waals surface area contributed by atoms with Gasteiger partial charge in [0.15, 0.2) is 0 Å². The van der Waals surface area contributed by atoms with Crippen LogP contribution >= 0.6 is 0 Å². The van der Waals surface area contributed by atoms with Crippen LogP contribution in [0.2, 0.25) is 0 Å². The van der Waals surface area contributed by atoms with Crippen LogP contribution in [-0.4, -0.2) is 40.6 Å². The molecule has 7 heteroatoms. The number of aromatic nitrogens is 1. The number of hydrogen-bond acceptors (Lipinski definition) is 5. The number of carboxylic acids is 1. The highest BCUT2D eigenvalue weighted by Gasteiger charge is 2.28. The molecule has 1 rings (SSSR count). The molecule has 21 heavy (non-hydrogen) atoms. The van der Waals surface area contributed by atoms with Crippen LogP contribution in [0.1, 0.15) is 30.6 Å². The number of hydrogen-bond donors (Lipinski definition) is 2. The Morgan fingerprint density at radius 1 is 1.43 bits per heavy atom. The van der Waals surface area contributed by atoms with E-state index in [1.165, 1.54) is 18.5 Å². The van der Waals surface area contributed by atoms with E-state index in [4.69, 9.17) is 4.74 Å². The van der Waals surface area contributed by atoms with Crippen LogP contribution in [-0.2, 0) is 14.3 Å². The fraction of sp³-hybridized carbons (Fsp3) is 0.429. The number of pyridine rings is 1. The summed E-state index contributed by atoms with van der Waals surface area (Å²) in [6.07, 6.45) is 2.76. The summed E-state index contributed by atoms with van der Waals surface area (Å²) >= 11 is 0. The van der Waals surface area contributed by atoms with Crippen molar-refractivity contribution in [2.45, 2.75) is 26.3 Å². The van der Waals surface area contributed by atoms with Gasteiger partial charge in [0.05, 0.1) is 18.6 Å². The van der Waals surface area contributed by atoms with Gasteiger partial charge in [-0.2, -0.15) is 0 Å². The number of aliphatic carboxylic acids is 1. The molecule has 1 aromatic heterocycles. The molecule has 1 amide bonds. The molecule has 0 spiro atoms. The van der Waals surface area contributed by atoms with Crippen LogP contribution < -0.4 is 5.32 Å². The third-order valence-corrected chi connectivity index (χ3v) is 2.84. The summed E-state index contributed by atoms with van der Waals surface area (Å²) in [5.74, 6) is -2.84. The quantitative estimate of drug-likeness (QED) is 0.722. The Kier molecular flexibility index (Phi) is 6.32. The van der Waals surface area contributed by atoms with Gasteiger partial charge in [0, 0.05) is 12.4 Å². The molecule has 7 nitrogen and oxygen atoms in total. The molecule has 2 atom stereocenters. The van der Waals surface area contributed by atoms with Crippen LogP contribution in [0, 0.1) is 5.92 Å². The zero-order valence-electron chi connectivity index (χ0n) is 11.9. The van der Waals surface area contributed by atoms with E-state index in [1.54, 1.807) is 19.9 Å². The number of amides is 1. The first-order valence-electron chi connectivity index (χ1n) is 6.55. The molecule has 0 unspecified atom stereocenters. The number of carbonyl (C=O) groups excluding carboxylic acids is 2. The number of ether oxygens (including phenoxy) is 1. The van der Waals surface area contributed by atoms with Crippen LogP contribution in [0.15, 0.2) is 24.5 Å². The third kappa shape index (κ3) is 5.21. The van der Waals surface area contributed by atoms with Crippen molar-refractivity contribution >= 4 is 17.8 Å². The number of esters is 1. The molecular formula is C14H18N2O5. The van der Waals surface area contributed by atoms with E-state index in [-0.39, 0.29) is 18.6 Å². The molecular weight excluding hydrogens is 276 g/mol. The number of carbonyl (C=O) groups is 3. The summed E-state index contributed by atoms with van der Waals surface area (Å²) in [7, 11) is 0. The first-order chi connectivity index (χ1) is 9.95. The second-order valence-electron chi connectivity index (χ2n) is 4.52. The lowest BCUT2D eigenvalue weighted by Crippen LogP contribution is -2.45. The Labute approximate surface area is 122 Å². The van der Waals surface area contributed by atoms with Gasteiger partial charge in [-0.3, -0.25) is 14.6 Å². The SMILES string of the molecule is CCOC(=O)C[C@H](C)[C@@H](NC(=O)c1cccnc1)C(=O)O. The number of nitrogens with zero attached hydrogens (tertiary/aromatic N) is 1. The van der Waals surface area contributed by atoms with Crippen LogP contribution in [0.3, 0.4) is 0 Å². The van der Waals surface area contributed by atoms with Crippen molar-refractivity contribution in [2.75, 3.05) is 6.61 Å². The van der Waals surface area contributed by atoms with Gasteiger partial charge < -0.3 is 15.2 Å². The summed E-state index contributed by atoms with van der Waals surface area (Å²) in [6, 6.07) is 1.92. The summed E-state index contributed by atoms with van der Waals surface area (Å²) in [4.78, 5) is 38.4. The summed E-state index contributed by atoms with van der Waals surface area (Å²) in [5, 5.41) is 11.6. The smallest absolute Gasteiger partial charge is 0.326 e. The molecule has 0 aliphatic carbocycles. The van der Waals surface area contributed by atoms with Gasteiger partial charge in [0.2, 0.25) is 0 Å². The second kappa shape index (κ2) is 7.98. The van der Waals surface area contributed by atoms with E-state index in [2.05, 4.69) is 10.3 Å². The lowest BCUT2D eigenvalue weighted by molar-refractivity contribution is -0.145. The zero-order chi connectivity index (χ0) is 15.8. The summed E-state index contributed by atoms with van der Waals surface area (Å²) < 4.78 is 4.78. The molecule has 1 aromatic rings. The number of rotatable bonds is 7. The fourth-order valence-electron chi connectivity index (χ4n) is 1.77. The molecule has 0 fully saturated rings. The van der Waals surface area contributed by atoms with Crippen molar-refractivity contribution in [1.29, 1.82) is 0 Å². The van der Waals surface area contributed by atoms with Gasteiger partial charge in [0.25, 0.3) is 5.91 Å². The van der Waals surface area contributed by atoms with Crippen molar-refractivity contribution < 1.29 is 24.2 Å². The molecule has 1 heterocycles. The Hall–Kier alpha value is -2.44. The van der Waals surface area contributed by atoms with Gasteiger partial charge in [-0.05, 0) is 25.0 Å². The molecule has 0 saturated carbocycles. The maximum Gasteiger partial charge on any atom is 0.326 e. The Balaban J connectivity index is 2.71. The molecule has 0 aliphatic heterocycles. The van der Waals surface area contributed by atoms with Gasteiger partial charge in [-0.1, -0.05) is 6.92 Å². The first kappa shape index (κ1) is 16.6. The highest BCUT2D eigenvalue weighted by Crippen LogP contribution is 2.11. The van der Waals surface area contributed by atoms with Gasteiger partial charge >= 0.3 is 11.9 Å². The second-order valence-corrected chi connectivity index (χ2v) is 4.52. The average molecular weight is 294 g/mol. The van der Waals surface area contributed by atoms with E-state index < -0.39 is 29.8 Å². The minimum Gasteiger partial charge on any atom is -0.480 e. The maximum atomic E-state index is 11.9. The van der Waals surface area contributed by atoms with Crippen LogP contribution in [0.4, 0.5) is 0 Å². The third-order valence-electron chi connectivity index (χ3n) is 2.84. The van der Waals surface area contributed by atoms with Gasteiger partial charge in [0.1, 0.15) is 6.04 Å². The highest BCUT2D eigenvalue weighted by molar-refractivity contribution is 5.96. The van der Waals surface area contributed by atoms with Crippen LogP contribution in [0.5, 0.6) is 0 Å². The number of carboxylic acid groups (broad SMARTS) is 1. The molecule has 0 saturated heterocycles. The van der Waals surface area contributed by atoms with E-state index in [1.807, 2.05) is 0 Å². The molecule has 0 bridgehead atoms. The average Bonchev–Trinajstić information content (AvgIpc) is 2.45. The molecule has 114 valence electrons. The standard InChI is InChI=1S/C14H18N2O5/c1-3-21-11(17)7-9(2)12(14(19)20)16-13(18)10-5-4-6-15-8-10/h4-6,8-9,12H,3,7H2,1-2H3,(H,16,18)(H,19,20)/t9-,12+/m0/s1.